The first-order valence-corrected chi connectivity index (χ1v) is 11.8. The van der Waals surface area contributed by atoms with E-state index in [4.69, 9.17) is 6.42 Å². The number of aromatic nitrogens is 1. The zero-order chi connectivity index (χ0) is 20.6. The van der Waals surface area contributed by atoms with Gasteiger partial charge in [0.1, 0.15) is 0 Å². The standard InChI is InChI=1S/C24H26N2OS2/c1-4-14-26-21-13-12-20(18(2)3)16-22(21)29-24(26)25-23(27)11-8-15-28-17-19-9-6-5-7-10-19/h1,5-7,9-10,12-13,16,18H,8,11,14-15,17H2,2-3H3. The van der Waals surface area contributed by atoms with Crippen LogP contribution in [0.2, 0.25) is 0 Å². The van der Waals surface area contributed by atoms with Crippen LogP contribution in [0.4, 0.5) is 0 Å². The number of terminal acetylenes is 1. The molecule has 1 amide bonds. The maximum atomic E-state index is 12.4. The molecule has 29 heavy (non-hydrogen) atoms. The Morgan fingerprint density at radius 1 is 1.24 bits per heavy atom. The Morgan fingerprint density at radius 3 is 2.76 bits per heavy atom. The average molecular weight is 423 g/mol. The van der Waals surface area contributed by atoms with Crippen molar-refractivity contribution >= 4 is 39.2 Å². The molecular weight excluding hydrogens is 396 g/mol. The first-order valence-electron chi connectivity index (χ1n) is 9.84. The Balaban J connectivity index is 1.65. The minimum atomic E-state index is -0.0771. The van der Waals surface area contributed by atoms with Gasteiger partial charge in [-0.1, -0.05) is 67.5 Å². The Kier molecular flexibility index (Phi) is 7.74. The second-order valence-electron chi connectivity index (χ2n) is 7.20. The van der Waals surface area contributed by atoms with Gasteiger partial charge in [-0.3, -0.25) is 4.79 Å². The zero-order valence-corrected chi connectivity index (χ0v) is 18.6. The molecule has 0 fully saturated rings. The van der Waals surface area contributed by atoms with Crippen molar-refractivity contribution in [1.82, 2.24) is 4.57 Å². The largest absolute Gasteiger partial charge is 0.305 e. The van der Waals surface area contributed by atoms with E-state index in [2.05, 4.69) is 67.2 Å². The lowest BCUT2D eigenvalue weighted by atomic mass is 10.0. The smallest absolute Gasteiger partial charge is 0.248 e. The summed E-state index contributed by atoms with van der Waals surface area (Å²) in [5.74, 6) is 4.99. The van der Waals surface area contributed by atoms with Crippen LogP contribution in [0.5, 0.6) is 0 Å². The highest BCUT2D eigenvalue weighted by Gasteiger charge is 2.09. The van der Waals surface area contributed by atoms with Crippen LogP contribution < -0.4 is 4.80 Å². The third-order valence-corrected chi connectivity index (χ3v) is 6.79. The molecule has 0 aliphatic carbocycles. The zero-order valence-electron chi connectivity index (χ0n) is 16.9. The molecule has 3 nitrogen and oxygen atoms in total. The van der Waals surface area contributed by atoms with Crippen LogP contribution in [0.25, 0.3) is 10.2 Å². The van der Waals surface area contributed by atoms with Crippen molar-refractivity contribution in [2.24, 2.45) is 4.99 Å². The van der Waals surface area contributed by atoms with E-state index in [0.717, 1.165) is 28.1 Å². The lowest BCUT2D eigenvalue weighted by molar-refractivity contribution is -0.118. The molecule has 3 rings (SSSR count). The second-order valence-corrected chi connectivity index (χ2v) is 9.32. The summed E-state index contributed by atoms with van der Waals surface area (Å²) in [7, 11) is 0. The molecule has 2 aromatic carbocycles. The van der Waals surface area contributed by atoms with Gasteiger partial charge >= 0.3 is 0 Å². The van der Waals surface area contributed by atoms with Crippen LogP contribution in [0.1, 0.15) is 43.7 Å². The number of hydrogen-bond donors (Lipinski definition) is 0. The first kappa shape index (κ1) is 21.4. The molecule has 5 heteroatoms. The molecule has 0 aliphatic rings. The Hall–Kier alpha value is -2.29. The topological polar surface area (TPSA) is 34.4 Å². The van der Waals surface area contributed by atoms with Crippen LogP contribution in [-0.2, 0) is 17.1 Å². The highest BCUT2D eigenvalue weighted by Crippen LogP contribution is 2.23. The fourth-order valence-corrected chi connectivity index (χ4v) is 5.05. The number of nitrogens with zero attached hydrogens (tertiary/aromatic N) is 2. The summed E-state index contributed by atoms with van der Waals surface area (Å²) in [4.78, 5) is 17.5. The molecular formula is C24H26N2OS2. The maximum Gasteiger partial charge on any atom is 0.248 e. The van der Waals surface area contributed by atoms with Gasteiger partial charge in [-0.15, -0.1) is 6.42 Å². The van der Waals surface area contributed by atoms with Gasteiger partial charge in [0.25, 0.3) is 0 Å². The quantitative estimate of drug-likeness (QED) is 0.350. The average Bonchev–Trinajstić information content (AvgIpc) is 3.05. The number of benzene rings is 2. The Morgan fingerprint density at radius 2 is 2.03 bits per heavy atom. The van der Waals surface area contributed by atoms with Gasteiger partial charge in [0, 0.05) is 12.2 Å². The summed E-state index contributed by atoms with van der Waals surface area (Å²) < 4.78 is 3.09. The highest BCUT2D eigenvalue weighted by molar-refractivity contribution is 7.98. The number of thioether (sulfide) groups is 1. The number of carbonyl (C=O) groups excluding carboxylic acids is 1. The first-order chi connectivity index (χ1) is 14.1. The van der Waals surface area contributed by atoms with Crippen LogP contribution >= 0.6 is 23.1 Å². The van der Waals surface area contributed by atoms with E-state index in [-0.39, 0.29) is 5.91 Å². The summed E-state index contributed by atoms with van der Waals surface area (Å²) in [6.07, 6.45) is 6.85. The van der Waals surface area contributed by atoms with Gasteiger partial charge in [-0.2, -0.15) is 16.8 Å². The van der Waals surface area contributed by atoms with Crippen molar-refractivity contribution in [1.29, 1.82) is 0 Å². The van der Waals surface area contributed by atoms with Gasteiger partial charge in [0.2, 0.25) is 5.91 Å². The van der Waals surface area contributed by atoms with E-state index in [1.165, 1.54) is 22.5 Å². The van der Waals surface area contributed by atoms with Crippen LogP contribution in [0, 0.1) is 12.3 Å². The summed E-state index contributed by atoms with van der Waals surface area (Å²) >= 11 is 3.39. The Bertz CT molecular complexity index is 1070. The second kappa shape index (κ2) is 10.5. The van der Waals surface area contributed by atoms with E-state index in [0.29, 0.717) is 23.7 Å². The number of carbonyl (C=O) groups is 1. The molecule has 0 atom stereocenters. The van der Waals surface area contributed by atoms with E-state index < -0.39 is 0 Å². The van der Waals surface area contributed by atoms with Crippen LogP contribution in [-0.4, -0.2) is 16.2 Å². The van der Waals surface area contributed by atoms with Crippen LogP contribution in [0.3, 0.4) is 0 Å². The lowest BCUT2D eigenvalue weighted by Gasteiger charge is -2.05. The van der Waals surface area contributed by atoms with Gasteiger partial charge in [0.15, 0.2) is 4.80 Å². The molecule has 0 unspecified atom stereocenters. The number of thiazole rings is 1. The van der Waals surface area contributed by atoms with Crippen LogP contribution in [0.15, 0.2) is 53.5 Å². The normalized spacial score (nSPS) is 11.9. The van der Waals surface area contributed by atoms with E-state index in [9.17, 15) is 4.79 Å². The minimum Gasteiger partial charge on any atom is -0.305 e. The van der Waals surface area contributed by atoms with Gasteiger partial charge in [-0.05, 0) is 41.4 Å². The monoisotopic (exact) mass is 422 g/mol. The predicted molar refractivity (Wildman–Crippen MR) is 125 cm³/mol. The molecule has 0 spiro atoms. The highest BCUT2D eigenvalue weighted by atomic mass is 32.2. The minimum absolute atomic E-state index is 0.0771. The molecule has 0 saturated heterocycles. The third kappa shape index (κ3) is 5.85. The molecule has 0 aliphatic heterocycles. The third-order valence-electron chi connectivity index (χ3n) is 4.63. The van der Waals surface area contributed by atoms with E-state index in [1.807, 2.05) is 22.4 Å². The molecule has 3 aromatic rings. The molecule has 0 bridgehead atoms. The van der Waals surface area contributed by atoms with Crippen molar-refractivity contribution in [2.75, 3.05) is 5.75 Å². The fraction of sp³-hybridized carbons (Fsp3) is 0.333. The summed E-state index contributed by atoms with van der Waals surface area (Å²) in [6, 6.07) is 16.8. The van der Waals surface area contributed by atoms with Crippen molar-refractivity contribution in [2.45, 2.75) is 44.9 Å². The molecule has 0 radical (unpaired) electrons. The Labute approximate surface area is 180 Å². The van der Waals surface area contributed by atoms with Crippen molar-refractivity contribution in [3.05, 3.63) is 64.5 Å². The predicted octanol–water partition coefficient (Wildman–Crippen LogP) is 5.60. The van der Waals surface area contributed by atoms with Crippen molar-refractivity contribution in [3.8, 4) is 12.3 Å². The number of rotatable bonds is 8. The van der Waals surface area contributed by atoms with Gasteiger partial charge < -0.3 is 4.57 Å². The maximum absolute atomic E-state index is 12.4. The molecule has 1 aromatic heterocycles. The molecule has 0 saturated carbocycles. The fourth-order valence-electron chi connectivity index (χ4n) is 3.03. The molecule has 1 heterocycles. The van der Waals surface area contributed by atoms with Gasteiger partial charge in [-0.25, -0.2) is 0 Å². The summed E-state index contributed by atoms with van der Waals surface area (Å²) in [5.41, 5.74) is 3.64. The number of hydrogen-bond acceptors (Lipinski definition) is 3. The SMILES string of the molecule is C#CCn1c(=NC(=O)CCCSCc2ccccc2)sc2cc(C(C)C)ccc21. The van der Waals surface area contributed by atoms with Gasteiger partial charge in [0.05, 0.1) is 16.8 Å². The molecule has 0 N–H and O–H groups in total. The van der Waals surface area contributed by atoms with Crippen molar-refractivity contribution in [3.63, 3.8) is 0 Å². The van der Waals surface area contributed by atoms with E-state index in [1.54, 1.807) is 0 Å². The summed E-state index contributed by atoms with van der Waals surface area (Å²) in [5, 5.41) is 0. The van der Waals surface area contributed by atoms with E-state index >= 15 is 0 Å². The molecule has 150 valence electrons. The number of fused-ring (bicyclic) bond motifs is 1. The van der Waals surface area contributed by atoms with Crippen molar-refractivity contribution < 1.29 is 4.79 Å². The lowest BCUT2D eigenvalue weighted by Crippen LogP contribution is -2.16. The number of amides is 1. The summed E-state index contributed by atoms with van der Waals surface area (Å²) in [6.45, 7) is 4.77.